The van der Waals surface area contributed by atoms with Gasteiger partial charge in [0, 0.05) is 25.4 Å². The first-order valence-electron chi connectivity index (χ1n) is 8.86. The van der Waals surface area contributed by atoms with Gasteiger partial charge in [0.1, 0.15) is 17.9 Å². The van der Waals surface area contributed by atoms with Gasteiger partial charge in [-0.2, -0.15) is 5.26 Å². The molecule has 1 aliphatic carbocycles. The molecule has 0 saturated heterocycles. The van der Waals surface area contributed by atoms with Crippen molar-refractivity contribution in [2.45, 2.75) is 66.1 Å². The maximum absolute atomic E-state index is 9.37. The second-order valence-corrected chi connectivity index (χ2v) is 7.84. The van der Waals surface area contributed by atoms with Crippen molar-refractivity contribution < 1.29 is 9.47 Å². The Morgan fingerprint density at radius 3 is 2.44 bits per heavy atom. The highest BCUT2D eigenvalue weighted by atomic mass is 16.5. The standard InChI is InChI=1S/C21H28N2O2/c1-7-20(2,3)21(4,5)11-10-15-8-9-19(18(14-22)23-15)25-17-12-16(13-17)24-6/h8-9,16-17H,7,12-13H2,1-6H3. The molecule has 0 unspecified atom stereocenters. The molecule has 0 bridgehead atoms. The zero-order valence-electron chi connectivity index (χ0n) is 16.1. The second-order valence-electron chi connectivity index (χ2n) is 7.84. The van der Waals surface area contributed by atoms with E-state index < -0.39 is 0 Å². The Hall–Kier alpha value is -2.04. The minimum absolute atomic E-state index is 0.0973. The van der Waals surface area contributed by atoms with Crippen LogP contribution in [-0.4, -0.2) is 24.3 Å². The van der Waals surface area contributed by atoms with Gasteiger partial charge in [-0.25, -0.2) is 4.98 Å². The summed E-state index contributed by atoms with van der Waals surface area (Å²) >= 11 is 0. The van der Waals surface area contributed by atoms with Crippen LogP contribution in [0.5, 0.6) is 5.75 Å². The average Bonchev–Trinajstić information content (AvgIpc) is 2.56. The van der Waals surface area contributed by atoms with Crippen LogP contribution in [0, 0.1) is 34.0 Å². The van der Waals surface area contributed by atoms with Gasteiger partial charge >= 0.3 is 0 Å². The molecule has 0 radical (unpaired) electrons. The fourth-order valence-electron chi connectivity index (χ4n) is 2.51. The smallest absolute Gasteiger partial charge is 0.183 e. The van der Waals surface area contributed by atoms with Crippen molar-refractivity contribution in [2.75, 3.05) is 7.11 Å². The first kappa shape index (κ1) is 19.3. The van der Waals surface area contributed by atoms with E-state index in [9.17, 15) is 5.26 Å². The number of rotatable bonds is 5. The van der Waals surface area contributed by atoms with E-state index in [0.29, 0.717) is 17.1 Å². The minimum atomic E-state index is -0.146. The van der Waals surface area contributed by atoms with Gasteiger partial charge in [0.15, 0.2) is 11.4 Å². The van der Waals surface area contributed by atoms with Crippen LogP contribution in [0.3, 0.4) is 0 Å². The van der Waals surface area contributed by atoms with Crippen LogP contribution in [0.1, 0.15) is 65.3 Å². The molecular weight excluding hydrogens is 312 g/mol. The van der Waals surface area contributed by atoms with Crippen LogP contribution in [0.2, 0.25) is 0 Å². The maximum atomic E-state index is 9.37. The van der Waals surface area contributed by atoms with Crippen LogP contribution in [0.15, 0.2) is 12.1 Å². The Morgan fingerprint density at radius 2 is 1.88 bits per heavy atom. The molecule has 1 fully saturated rings. The van der Waals surface area contributed by atoms with Crippen molar-refractivity contribution in [3.8, 4) is 23.7 Å². The van der Waals surface area contributed by atoms with Gasteiger partial charge in [0.05, 0.1) is 6.10 Å². The Kier molecular flexibility index (Phi) is 5.76. The number of hydrogen-bond donors (Lipinski definition) is 0. The van der Waals surface area contributed by atoms with E-state index in [0.717, 1.165) is 19.3 Å². The first-order valence-corrected chi connectivity index (χ1v) is 8.86. The van der Waals surface area contributed by atoms with E-state index >= 15 is 0 Å². The predicted octanol–water partition coefficient (Wildman–Crippen LogP) is 4.32. The lowest BCUT2D eigenvalue weighted by molar-refractivity contribution is -0.0383. The summed E-state index contributed by atoms with van der Waals surface area (Å²) in [7, 11) is 1.71. The van der Waals surface area contributed by atoms with Crippen molar-refractivity contribution in [3.05, 3.63) is 23.5 Å². The normalized spacial score (nSPS) is 20.0. The third kappa shape index (κ3) is 4.33. The van der Waals surface area contributed by atoms with Crippen LogP contribution >= 0.6 is 0 Å². The largest absolute Gasteiger partial charge is 0.487 e. The Balaban J connectivity index is 2.15. The summed E-state index contributed by atoms with van der Waals surface area (Å²) in [5.74, 6) is 7.00. The minimum Gasteiger partial charge on any atom is -0.487 e. The van der Waals surface area contributed by atoms with Crippen molar-refractivity contribution in [3.63, 3.8) is 0 Å². The van der Waals surface area contributed by atoms with E-state index in [1.54, 1.807) is 13.2 Å². The van der Waals surface area contributed by atoms with Crippen LogP contribution in [0.4, 0.5) is 0 Å². The fraction of sp³-hybridized carbons (Fsp3) is 0.619. The summed E-state index contributed by atoms with van der Waals surface area (Å²) in [6.07, 6.45) is 3.10. The molecule has 134 valence electrons. The van der Waals surface area contributed by atoms with E-state index in [-0.39, 0.29) is 23.0 Å². The molecule has 1 heterocycles. The van der Waals surface area contributed by atoms with Crippen molar-refractivity contribution in [1.29, 1.82) is 5.26 Å². The molecule has 0 atom stereocenters. The van der Waals surface area contributed by atoms with Crippen molar-refractivity contribution >= 4 is 0 Å². The number of pyridine rings is 1. The van der Waals surface area contributed by atoms with Gasteiger partial charge in [0.2, 0.25) is 0 Å². The van der Waals surface area contributed by atoms with Gasteiger partial charge < -0.3 is 9.47 Å². The highest BCUT2D eigenvalue weighted by Crippen LogP contribution is 2.40. The first-order chi connectivity index (χ1) is 11.7. The van der Waals surface area contributed by atoms with Gasteiger partial charge in [-0.05, 0) is 43.7 Å². The quantitative estimate of drug-likeness (QED) is 0.749. The molecule has 1 aromatic heterocycles. The summed E-state index contributed by atoms with van der Waals surface area (Å²) in [4.78, 5) is 4.36. The highest BCUT2D eigenvalue weighted by molar-refractivity contribution is 5.42. The number of nitrogens with zero attached hydrogens (tertiary/aromatic N) is 2. The molecule has 0 amide bonds. The Morgan fingerprint density at radius 1 is 1.20 bits per heavy atom. The van der Waals surface area contributed by atoms with Gasteiger partial charge in [-0.15, -0.1) is 0 Å². The SMILES string of the molecule is CCC(C)(C)C(C)(C)C#Cc1ccc(OC2CC(OC)C2)c(C#N)n1. The number of ether oxygens (including phenoxy) is 2. The van der Waals surface area contributed by atoms with Gasteiger partial charge in [-0.3, -0.25) is 0 Å². The predicted molar refractivity (Wildman–Crippen MR) is 98.1 cm³/mol. The molecule has 0 aliphatic heterocycles. The lowest BCUT2D eigenvalue weighted by atomic mass is 9.67. The monoisotopic (exact) mass is 340 g/mol. The van der Waals surface area contributed by atoms with E-state index in [4.69, 9.17) is 9.47 Å². The summed E-state index contributed by atoms with van der Waals surface area (Å²) in [6.45, 7) is 10.9. The van der Waals surface area contributed by atoms with Gasteiger partial charge in [-0.1, -0.05) is 26.7 Å². The van der Waals surface area contributed by atoms with Crippen molar-refractivity contribution in [1.82, 2.24) is 4.98 Å². The number of hydrogen-bond acceptors (Lipinski definition) is 4. The van der Waals surface area contributed by atoms with Crippen LogP contribution < -0.4 is 4.74 Å². The molecule has 1 saturated carbocycles. The number of nitriles is 1. The maximum Gasteiger partial charge on any atom is 0.183 e. The fourth-order valence-corrected chi connectivity index (χ4v) is 2.51. The highest BCUT2D eigenvalue weighted by Gasteiger charge is 2.34. The molecular formula is C21H28N2O2. The summed E-state index contributed by atoms with van der Waals surface area (Å²) < 4.78 is 11.1. The zero-order valence-corrected chi connectivity index (χ0v) is 16.1. The van der Waals surface area contributed by atoms with Crippen LogP contribution in [0.25, 0.3) is 0 Å². The van der Waals surface area contributed by atoms with E-state index in [1.165, 1.54) is 0 Å². The molecule has 2 rings (SSSR count). The second kappa shape index (κ2) is 7.46. The topological polar surface area (TPSA) is 55.1 Å². The van der Waals surface area contributed by atoms with E-state index in [1.807, 2.05) is 6.07 Å². The van der Waals surface area contributed by atoms with Crippen LogP contribution in [-0.2, 0) is 4.74 Å². The third-order valence-corrected chi connectivity index (χ3v) is 5.72. The lowest BCUT2D eigenvalue weighted by Crippen LogP contribution is -2.39. The number of methoxy groups -OCH3 is 1. The molecule has 25 heavy (non-hydrogen) atoms. The van der Waals surface area contributed by atoms with Crippen molar-refractivity contribution in [2.24, 2.45) is 10.8 Å². The Bertz CT molecular complexity index is 714. The molecule has 4 nitrogen and oxygen atoms in total. The summed E-state index contributed by atoms with van der Waals surface area (Å²) in [5.41, 5.74) is 0.850. The lowest BCUT2D eigenvalue weighted by Gasteiger charge is -2.36. The Labute approximate surface area is 151 Å². The summed E-state index contributed by atoms with van der Waals surface area (Å²) in [5, 5.41) is 9.37. The zero-order chi connectivity index (χ0) is 18.7. The van der Waals surface area contributed by atoms with Gasteiger partial charge in [0.25, 0.3) is 0 Å². The molecule has 0 N–H and O–H groups in total. The molecule has 1 aliphatic rings. The average molecular weight is 340 g/mol. The molecule has 0 aromatic carbocycles. The summed E-state index contributed by atoms with van der Waals surface area (Å²) in [6, 6.07) is 5.74. The molecule has 4 heteroatoms. The molecule has 0 spiro atoms. The molecule has 1 aromatic rings. The van der Waals surface area contributed by atoms with E-state index in [2.05, 4.69) is 57.5 Å². The third-order valence-electron chi connectivity index (χ3n) is 5.72. The number of aromatic nitrogens is 1.